The molecule has 0 bridgehead atoms. The highest BCUT2D eigenvalue weighted by molar-refractivity contribution is 7.11. The van der Waals surface area contributed by atoms with E-state index in [0.29, 0.717) is 5.92 Å². The largest absolute Gasteiger partial charge is 0.393 e. The summed E-state index contributed by atoms with van der Waals surface area (Å²) >= 11 is 1.82. The van der Waals surface area contributed by atoms with Gasteiger partial charge in [-0.2, -0.15) is 0 Å². The second-order valence-corrected chi connectivity index (χ2v) is 5.93. The minimum atomic E-state index is -0.0640. The number of hydrogen-bond donors (Lipinski definition) is 1. The van der Waals surface area contributed by atoms with Crippen molar-refractivity contribution in [1.29, 1.82) is 0 Å². The average Bonchev–Trinajstić information content (AvgIpc) is 2.45. The molecule has 1 fully saturated rings. The summed E-state index contributed by atoms with van der Waals surface area (Å²) in [6, 6.07) is 0. The Labute approximate surface area is 95.4 Å². The molecule has 2 atom stereocenters. The van der Waals surface area contributed by atoms with Crippen LogP contribution >= 0.6 is 11.3 Å². The zero-order valence-electron chi connectivity index (χ0n) is 9.49. The van der Waals surface area contributed by atoms with Crippen LogP contribution in [0.5, 0.6) is 0 Å². The van der Waals surface area contributed by atoms with Crippen molar-refractivity contribution >= 4 is 11.3 Å². The summed E-state index contributed by atoms with van der Waals surface area (Å²) in [5.41, 5.74) is 1.17. The van der Waals surface area contributed by atoms with Gasteiger partial charge in [0.2, 0.25) is 0 Å². The zero-order valence-corrected chi connectivity index (χ0v) is 10.3. The SMILES string of the molecule is Cc1nc(CC2CCCC(O)C2)sc1C. The predicted octanol–water partition coefficient (Wildman–Crippen LogP) is 2.85. The summed E-state index contributed by atoms with van der Waals surface area (Å²) in [6.45, 7) is 4.21. The van der Waals surface area contributed by atoms with Gasteiger partial charge in [0.05, 0.1) is 16.8 Å². The normalized spacial score (nSPS) is 26.9. The number of nitrogens with zero attached hydrogens (tertiary/aromatic N) is 1. The van der Waals surface area contributed by atoms with Gasteiger partial charge in [-0.05, 0) is 39.0 Å². The van der Waals surface area contributed by atoms with E-state index in [-0.39, 0.29) is 6.10 Å². The molecule has 2 rings (SSSR count). The van der Waals surface area contributed by atoms with Crippen LogP contribution in [-0.4, -0.2) is 16.2 Å². The highest BCUT2D eigenvalue weighted by atomic mass is 32.1. The lowest BCUT2D eigenvalue weighted by Crippen LogP contribution is -2.20. The predicted molar refractivity (Wildman–Crippen MR) is 63.3 cm³/mol. The summed E-state index contributed by atoms with van der Waals surface area (Å²) < 4.78 is 0. The quantitative estimate of drug-likeness (QED) is 0.839. The van der Waals surface area contributed by atoms with Crippen molar-refractivity contribution in [3.8, 4) is 0 Å². The van der Waals surface area contributed by atoms with Crippen molar-refractivity contribution in [3.63, 3.8) is 0 Å². The summed E-state index contributed by atoms with van der Waals surface area (Å²) in [5, 5.41) is 10.9. The van der Waals surface area contributed by atoms with Gasteiger partial charge >= 0.3 is 0 Å². The van der Waals surface area contributed by atoms with Crippen molar-refractivity contribution in [2.45, 2.75) is 52.1 Å². The van der Waals surface area contributed by atoms with Crippen LogP contribution < -0.4 is 0 Å². The first-order chi connectivity index (χ1) is 7.15. The number of aliphatic hydroxyl groups is 1. The van der Waals surface area contributed by atoms with Crippen LogP contribution in [0.25, 0.3) is 0 Å². The van der Waals surface area contributed by atoms with Crippen LogP contribution in [0.1, 0.15) is 41.3 Å². The maximum absolute atomic E-state index is 9.60. The molecule has 1 aliphatic rings. The molecule has 15 heavy (non-hydrogen) atoms. The summed E-state index contributed by atoms with van der Waals surface area (Å²) in [5.74, 6) is 0.652. The molecule has 0 saturated heterocycles. The first-order valence-electron chi connectivity index (χ1n) is 5.76. The minimum Gasteiger partial charge on any atom is -0.393 e. The number of thiazole rings is 1. The molecule has 3 heteroatoms. The van der Waals surface area contributed by atoms with Crippen molar-refractivity contribution in [1.82, 2.24) is 4.98 Å². The standard InChI is InChI=1S/C12H19NOS/c1-8-9(2)15-12(13-8)7-10-4-3-5-11(14)6-10/h10-11,14H,3-7H2,1-2H3. The van der Waals surface area contributed by atoms with E-state index in [9.17, 15) is 5.11 Å². The van der Waals surface area contributed by atoms with Crippen LogP contribution in [-0.2, 0) is 6.42 Å². The van der Waals surface area contributed by atoms with Crippen molar-refractivity contribution < 1.29 is 5.11 Å². The van der Waals surface area contributed by atoms with Gasteiger partial charge in [-0.3, -0.25) is 0 Å². The molecule has 0 aliphatic heterocycles. The lowest BCUT2D eigenvalue weighted by Gasteiger charge is -2.24. The molecule has 2 nitrogen and oxygen atoms in total. The molecule has 0 amide bonds. The monoisotopic (exact) mass is 225 g/mol. The topological polar surface area (TPSA) is 33.1 Å². The molecule has 1 aromatic heterocycles. The van der Waals surface area contributed by atoms with Crippen LogP contribution in [0.4, 0.5) is 0 Å². The second kappa shape index (κ2) is 4.62. The number of aromatic nitrogens is 1. The zero-order chi connectivity index (χ0) is 10.8. The van der Waals surface area contributed by atoms with Crippen LogP contribution in [0.15, 0.2) is 0 Å². The van der Waals surface area contributed by atoms with Crippen molar-refractivity contribution in [2.24, 2.45) is 5.92 Å². The van der Waals surface area contributed by atoms with E-state index in [4.69, 9.17) is 0 Å². The molecule has 2 unspecified atom stereocenters. The average molecular weight is 225 g/mol. The fourth-order valence-corrected chi connectivity index (χ4v) is 3.37. The molecule has 0 spiro atoms. The highest BCUT2D eigenvalue weighted by Gasteiger charge is 2.21. The molecule has 0 aromatic carbocycles. The fourth-order valence-electron chi connectivity index (χ4n) is 2.32. The maximum atomic E-state index is 9.60. The molecule has 1 aromatic rings. The molecule has 1 heterocycles. The van der Waals surface area contributed by atoms with E-state index in [0.717, 1.165) is 19.3 Å². The highest BCUT2D eigenvalue weighted by Crippen LogP contribution is 2.29. The van der Waals surface area contributed by atoms with Crippen LogP contribution in [0.2, 0.25) is 0 Å². The Morgan fingerprint density at radius 2 is 2.20 bits per heavy atom. The van der Waals surface area contributed by atoms with Gasteiger partial charge in [0.25, 0.3) is 0 Å². The Kier molecular flexibility index (Phi) is 3.42. The molecule has 84 valence electrons. The maximum Gasteiger partial charge on any atom is 0.0933 e. The van der Waals surface area contributed by atoms with E-state index in [2.05, 4.69) is 18.8 Å². The smallest absolute Gasteiger partial charge is 0.0933 e. The van der Waals surface area contributed by atoms with E-state index in [1.54, 1.807) is 0 Å². The molecule has 1 N–H and O–H groups in total. The lowest BCUT2D eigenvalue weighted by molar-refractivity contribution is 0.101. The van der Waals surface area contributed by atoms with Gasteiger partial charge in [-0.15, -0.1) is 11.3 Å². The number of aliphatic hydroxyl groups excluding tert-OH is 1. The fraction of sp³-hybridized carbons (Fsp3) is 0.750. The summed E-state index contributed by atoms with van der Waals surface area (Å²) in [7, 11) is 0. The van der Waals surface area contributed by atoms with E-state index < -0.39 is 0 Å². The van der Waals surface area contributed by atoms with Gasteiger partial charge in [-0.25, -0.2) is 4.98 Å². The molecule has 1 aliphatic carbocycles. The lowest BCUT2D eigenvalue weighted by atomic mass is 9.85. The molecule has 0 radical (unpaired) electrons. The van der Waals surface area contributed by atoms with E-state index in [1.807, 2.05) is 11.3 Å². The van der Waals surface area contributed by atoms with E-state index in [1.165, 1.54) is 28.4 Å². The molecular weight excluding hydrogens is 206 g/mol. The van der Waals surface area contributed by atoms with Gasteiger partial charge in [0, 0.05) is 11.3 Å². The number of aryl methyl sites for hydroxylation is 2. The Balaban J connectivity index is 1.96. The Bertz CT molecular complexity index is 315. The summed E-state index contributed by atoms with van der Waals surface area (Å²) in [4.78, 5) is 5.90. The van der Waals surface area contributed by atoms with Gasteiger partial charge in [0.1, 0.15) is 0 Å². The van der Waals surface area contributed by atoms with Crippen molar-refractivity contribution in [2.75, 3.05) is 0 Å². The van der Waals surface area contributed by atoms with Gasteiger partial charge in [-0.1, -0.05) is 6.42 Å². The van der Waals surface area contributed by atoms with Crippen LogP contribution in [0.3, 0.4) is 0 Å². The third kappa shape index (κ3) is 2.79. The van der Waals surface area contributed by atoms with Crippen molar-refractivity contribution in [3.05, 3.63) is 15.6 Å². The Morgan fingerprint density at radius 1 is 1.40 bits per heavy atom. The summed E-state index contributed by atoms with van der Waals surface area (Å²) in [6.07, 6.45) is 5.40. The van der Waals surface area contributed by atoms with Gasteiger partial charge < -0.3 is 5.11 Å². The minimum absolute atomic E-state index is 0.0640. The molecular formula is C12H19NOS. The van der Waals surface area contributed by atoms with Crippen LogP contribution in [0, 0.1) is 19.8 Å². The van der Waals surface area contributed by atoms with E-state index >= 15 is 0 Å². The second-order valence-electron chi connectivity index (χ2n) is 4.64. The Hall–Kier alpha value is -0.410. The first kappa shape index (κ1) is 11.1. The molecule has 1 saturated carbocycles. The first-order valence-corrected chi connectivity index (χ1v) is 6.57. The third-order valence-corrected chi connectivity index (χ3v) is 4.39. The third-order valence-electron chi connectivity index (χ3n) is 3.29. The number of rotatable bonds is 2. The Morgan fingerprint density at radius 3 is 2.80 bits per heavy atom. The van der Waals surface area contributed by atoms with Gasteiger partial charge in [0.15, 0.2) is 0 Å². The number of hydrogen-bond acceptors (Lipinski definition) is 3.